The highest BCUT2D eigenvalue weighted by molar-refractivity contribution is 5.41. The topological polar surface area (TPSA) is 45.8 Å². The second-order valence-electron chi connectivity index (χ2n) is 4.22. The van der Waals surface area contributed by atoms with E-state index in [0.29, 0.717) is 5.69 Å². The second kappa shape index (κ2) is 4.85. The maximum Gasteiger partial charge on any atom is 0.416 e. The van der Waals surface area contributed by atoms with Gasteiger partial charge in [0.15, 0.2) is 5.43 Å². The van der Waals surface area contributed by atoms with E-state index in [9.17, 15) is 18.0 Å². The molecule has 3 nitrogen and oxygen atoms in total. The smallest absolute Gasteiger partial charge is 0.320 e. The zero-order valence-electron chi connectivity index (χ0n) is 10.4. The van der Waals surface area contributed by atoms with Crippen LogP contribution in [0.1, 0.15) is 16.8 Å². The highest BCUT2D eigenvalue weighted by Gasteiger charge is 2.30. The summed E-state index contributed by atoms with van der Waals surface area (Å²) in [5.41, 5.74) is -0.657. The Morgan fingerprint density at radius 1 is 1.25 bits per heavy atom. The van der Waals surface area contributed by atoms with Gasteiger partial charge in [0, 0.05) is 23.6 Å². The molecule has 0 saturated carbocycles. The molecule has 0 bridgehead atoms. The van der Waals surface area contributed by atoms with Crippen molar-refractivity contribution >= 4 is 0 Å². The first-order valence-electron chi connectivity index (χ1n) is 5.64. The van der Waals surface area contributed by atoms with E-state index in [1.807, 2.05) is 0 Å². The van der Waals surface area contributed by atoms with Crippen LogP contribution in [0.5, 0.6) is 0 Å². The normalized spacial score (nSPS) is 11.2. The summed E-state index contributed by atoms with van der Waals surface area (Å²) >= 11 is 0. The van der Waals surface area contributed by atoms with Crippen LogP contribution >= 0.6 is 0 Å². The molecule has 0 saturated heterocycles. The Labute approximate surface area is 112 Å². The van der Waals surface area contributed by atoms with E-state index in [1.165, 1.54) is 29.0 Å². The lowest BCUT2D eigenvalue weighted by molar-refractivity contribution is -0.137. The van der Waals surface area contributed by atoms with Gasteiger partial charge in [-0.05, 0) is 25.1 Å². The predicted molar refractivity (Wildman–Crippen MR) is 66.5 cm³/mol. The molecule has 0 fully saturated rings. The molecule has 20 heavy (non-hydrogen) atoms. The third kappa shape index (κ3) is 2.57. The highest BCUT2D eigenvalue weighted by Crippen LogP contribution is 2.30. The number of hydrogen-bond acceptors (Lipinski definition) is 2. The molecule has 0 radical (unpaired) electrons. The minimum atomic E-state index is -4.44. The largest absolute Gasteiger partial charge is 0.416 e. The Hall–Kier alpha value is -2.55. The maximum atomic E-state index is 12.7. The summed E-state index contributed by atoms with van der Waals surface area (Å²) in [6.07, 6.45) is -3.20. The van der Waals surface area contributed by atoms with Crippen LogP contribution in [0.3, 0.4) is 0 Å². The molecule has 0 spiro atoms. The molecule has 0 N–H and O–H groups in total. The van der Waals surface area contributed by atoms with Crippen molar-refractivity contribution in [1.82, 2.24) is 4.57 Å². The first-order chi connectivity index (χ1) is 9.32. The van der Waals surface area contributed by atoms with Crippen LogP contribution in [0.2, 0.25) is 0 Å². The first kappa shape index (κ1) is 13.9. The van der Waals surface area contributed by atoms with Crippen molar-refractivity contribution < 1.29 is 13.2 Å². The molecule has 1 aromatic carbocycles. The number of pyridine rings is 1. The molecule has 2 rings (SSSR count). The predicted octanol–water partition coefficient (Wildman–Crippen LogP) is 3.04. The monoisotopic (exact) mass is 278 g/mol. The van der Waals surface area contributed by atoms with Gasteiger partial charge < -0.3 is 4.57 Å². The zero-order valence-corrected chi connectivity index (χ0v) is 10.4. The lowest BCUT2D eigenvalue weighted by Gasteiger charge is -2.13. The fourth-order valence-corrected chi connectivity index (χ4v) is 1.83. The standard InChI is InChI=1S/C14H9F3N2O/c1-9-5-13(20)10(7-18)8-19(9)12-4-2-3-11(6-12)14(15,16)17/h2-6,8H,1H3. The highest BCUT2D eigenvalue weighted by atomic mass is 19.4. The number of halogens is 3. The van der Waals surface area contributed by atoms with E-state index in [1.54, 1.807) is 13.0 Å². The number of nitriles is 1. The maximum absolute atomic E-state index is 12.7. The van der Waals surface area contributed by atoms with Crippen molar-refractivity contribution in [3.63, 3.8) is 0 Å². The lowest BCUT2D eigenvalue weighted by atomic mass is 10.1. The Kier molecular flexibility index (Phi) is 3.36. The number of benzene rings is 1. The van der Waals surface area contributed by atoms with Crippen LogP contribution < -0.4 is 5.43 Å². The van der Waals surface area contributed by atoms with Crippen LogP contribution in [-0.4, -0.2) is 4.57 Å². The summed E-state index contributed by atoms with van der Waals surface area (Å²) in [7, 11) is 0. The summed E-state index contributed by atoms with van der Waals surface area (Å²) in [4.78, 5) is 11.5. The van der Waals surface area contributed by atoms with Crippen molar-refractivity contribution in [2.24, 2.45) is 0 Å². The summed E-state index contributed by atoms with van der Waals surface area (Å²) in [5, 5.41) is 8.82. The Bertz CT molecular complexity index is 754. The minimum Gasteiger partial charge on any atom is -0.320 e. The number of aromatic nitrogens is 1. The zero-order chi connectivity index (χ0) is 14.9. The fraction of sp³-hybridized carbons (Fsp3) is 0.143. The van der Waals surface area contributed by atoms with Crippen LogP contribution in [0.25, 0.3) is 5.69 Å². The number of aryl methyl sites for hydroxylation is 1. The molecule has 0 amide bonds. The van der Waals surface area contributed by atoms with E-state index < -0.39 is 17.2 Å². The van der Waals surface area contributed by atoms with Crippen LogP contribution in [-0.2, 0) is 6.18 Å². The minimum absolute atomic E-state index is 0.118. The van der Waals surface area contributed by atoms with Gasteiger partial charge in [-0.25, -0.2) is 0 Å². The average Bonchev–Trinajstić information content (AvgIpc) is 2.38. The molecular formula is C14H9F3N2O. The van der Waals surface area contributed by atoms with Crippen molar-refractivity contribution in [2.75, 3.05) is 0 Å². The van der Waals surface area contributed by atoms with E-state index in [0.717, 1.165) is 12.1 Å². The average molecular weight is 278 g/mol. The molecule has 0 atom stereocenters. The summed E-state index contributed by atoms with van der Waals surface area (Å²) in [6, 6.07) is 7.64. The molecule has 1 aromatic heterocycles. The number of alkyl halides is 3. The number of rotatable bonds is 1. The molecule has 0 aliphatic heterocycles. The number of nitrogens with zero attached hydrogens (tertiary/aromatic N) is 2. The fourth-order valence-electron chi connectivity index (χ4n) is 1.83. The molecular weight excluding hydrogens is 269 g/mol. The van der Waals surface area contributed by atoms with Gasteiger partial charge in [-0.1, -0.05) is 6.07 Å². The third-order valence-electron chi connectivity index (χ3n) is 2.82. The Morgan fingerprint density at radius 2 is 1.95 bits per heavy atom. The Morgan fingerprint density at radius 3 is 2.55 bits per heavy atom. The van der Waals surface area contributed by atoms with Crippen LogP contribution in [0, 0.1) is 18.3 Å². The lowest BCUT2D eigenvalue weighted by Crippen LogP contribution is -2.13. The molecule has 0 aliphatic carbocycles. The van der Waals surface area contributed by atoms with Crippen molar-refractivity contribution in [2.45, 2.75) is 13.1 Å². The van der Waals surface area contributed by atoms with Crippen LogP contribution in [0.4, 0.5) is 13.2 Å². The van der Waals surface area contributed by atoms with Crippen molar-refractivity contribution in [3.05, 3.63) is 63.6 Å². The molecule has 0 unspecified atom stereocenters. The van der Waals surface area contributed by atoms with Crippen molar-refractivity contribution in [1.29, 1.82) is 5.26 Å². The third-order valence-corrected chi connectivity index (χ3v) is 2.82. The van der Waals surface area contributed by atoms with E-state index in [-0.39, 0.29) is 11.3 Å². The van der Waals surface area contributed by atoms with Gasteiger partial charge in [-0.2, -0.15) is 18.4 Å². The number of hydrogen-bond donors (Lipinski definition) is 0. The van der Waals surface area contributed by atoms with Gasteiger partial charge in [0.2, 0.25) is 0 Å². The van der Waals surface area contributed by atoms with Gasteiger partial charge in [0.25, 0.3) is 0 Å². The van der Waals surface area contributed by atoms with Gasteiger partial charge in [-0.3, -0.25) is 4.79 Å². The van der Waals surface area contributed by atoms with Crippen LogP contribution in [0.15, 0.2) is 41.3 Å². The van der Waals surface area contributed by atoms with E-state index >= 15 is 0 Å². The SMILES string of the molecule is Cc1cc(=O)c(C#N)cn1-c1cccc(C(F)(F)F)c1. The van der Waals surface area contributed by atoms with E-state index in [2.05, 4.69) is 0 Å². The summed E-state index contributed by atoms with van der Waals surface area (Å²) < 4.78 is 39.4. The van der Waals surface area contributed by atoms with Gasteiger partial charge in [-0.15, -0.1) is 0 Å². The first-order valence-corrected chi connectivity index (χ1v) is 5.64. The molecule has 1 heterocycles. The summed E-state index contributed by atoms with van der Waals surface area (Å²) in [5.74, 6) is 0. The van der Waals surface area contributed by atoms with Gasteiger partial charge >= 0.3 is 6.18 Å². The van der Waals surface area contributed by atoms with E-state index in [4.69, 9.17) is 5.26 Å². The summed E-state index contributed by atoms with van der Waals surface area (Å²) in [6.45, 7) is 1.59. The second-order valence-corrected chi connectivity index (χ2v) is 4.22. The molecule has 0 aliphatic rings. The quantitative estimate of drug-likeness (QED) is 0.804. The molecule has 6 heteroatoms. The van der Waals surface area contributed by atoms with Crippen molar-refractivity contribution in [3.8, 4) is 11.8 Å². The molecule has 2 aromatic rings. The van der Waals surface area contributed by atoms with Gasteiger partial charge in [0.1, 0.15) is 11.6 Å². The molecule has 102 valence electrons. The van der Waals surface area contributed by atoms with Gasteiger partial charge in [0.05, 0.1) is 5.56 Å². The Balaban J connectivity index is 2.64.